The van der Waals surface area contributed by atoms with Gasteiger partial charge in [0.2, 0.25) is 5.91 Å². The van der Waals surface area contributed by atoms with Crippen molar-refractivity contribution in [1.82, 2.24) is 4.98 Å². The maximum absolute atomic E-state index is 12.4. The van der Waals surface area contributed by atoms with Gasteiger partial charge >= 0.3 is 0 Å². The van der Waals surface area contributed by atoms with Crippen LogP contribution in [0.15, 0.2) is 12.1 Å². The number of aromatic nitrogens is 1. The van der Waals surface area contributed by atoms with Crippen LogP contribution in [0.1, 0.15) is 22.6 Å². The Kier molecular flexibility index (Phi) is 4.31. The Labute approximate surface area is 137 Å². The third-order valence-electron chi connectivity index (χ3n) is 3.83. The lowest BCUT2D eigenvalue weighted by Gasteiger charge is -2.31. The number of aryl methyl sites for hydroxylation is 2. The van der Waals surface area contributed by atoms with Crippen molar-refractivity contribution in [2.75, 3.05) is 18.5 Å². The van der Waals surface area contributed by atoms with Crippen LogP contribution in [0.25, 0.3) is 10.6 Å². The van der Waals surface area contributed by atoms with Crippen molar-refractivity contribution >= 4 is 33.7 Å². The molecule has 7 heteroatoms. The van der Waals surface area contributed by atoms with E-state index in [4.69, 9.17) is 10.5 Å². The second-order valence-corrected chi connectivity index (χ2v) is 8.05. The molecule has 0 radical (unpaired) electrons. The van der Waals surface area contributed by atoms with Crippen molar-refractivity contribution in [2.24, 2.45) is 5.73 Å². The average molecular weight is 337 g/mol. The Morgan fingerprint density at radius 1 is 1.32 bits per heavy atom. The van der Waals surface area contributed by atoms with Crippen molar-refractivity contribution < 1.29 is 9.53 Å². The molecule has 0 atom stereocenters. The molecular weight excluding hydrogens is 318 g/mol. The molecule has 0 aliphatic carbocycles. The van der Waals surface area contributed by atoms with Gasteiger partial charge in [0, 0.05) is 23.0 Å². The highest BCUT2D eigenvalue weighted by Crippen LogP contribution is 2.34. The van der Waals surface area contributed by atoms with Crippen LogP contribution in [0.3, 0.4) is 0 Å². The van der Waals surface area contributed by atoms with Gasteiger partial charge < -0.3 is 15.8 Å². The number of hydrogen-bond donors (Lipinski definition) is 2. The Morgan fingerprint density at radius 3 is 2.68 bits per heavy atom. The highest BCUT2D eigenvalue weighted by molar-refractivity contribution is 7.18. The molecule has 2 aromatic rings. The van der Waals surface area contributed by atoms with Gasteiger partial charge in [-0.3, -0.25) is 4.79 Å². The van der Waals surface area contributed by atoms with Gasteiger partial charge in [-0.05, 0) is 38.8 Å². The van der Waals surface area contributed by atoms with E-state index in [-0.39, 0.29) is 5.91 Å². The Morgan fingerprint density at radius 2 is 2.05 bits per heavy atom. The van der Waals surface area contributed by atoms with Gasteiger partial charge in [-0.15, -0.1) is 22.7 Å². The van der Waals surface area contributed by atoms with E-state index in [1.807, 2.05) is 6.92 Å². The van der Waals surface area contributed by atoms with Crippen molar-refractivity contribution in [3.05, 3.63) is 21.9 Å². The zero-order valence-corrected chi connectivity index (χ0v) is 14.3. The van der Waals surface area contributed by atoms with Gasteiger partial charge in [-0.25, -0.2) is 4.98 Å². The fraction of sp³-hybridized carbons (Fsp3) is 0.467. The van der Waals surface area contributed by atoms with E-state index in [1.54, 1.807) is 11.3 Å². The molecular formula is C15H19N3O2S2. The summed E-state index contributed by atoms with van der Waals surface area (Å²) in [6.45, 7) is 5.15. The highest BCUT2D eigenvalue weighted by atomic mass is 32.1. The zero-order chi connectivity index (χ0) is 15.7. The minimum atomic E-state index is -0.850. The fourth-order valence-electron chi connectivity index (χ4n) is 2.42. The van der Waals surface area contributed by atoms with Crippen LogP contribution in [-0.2, 0) is 9.53 Å². The largest absolute Gasteiger partial charge is 0.381 e. The number of hydrogen-bond acceptors (Lipinski definition) is 6. The number of anilines is 1. The van der Waals surface area contributed by atoms with Crippen LogP contribution in [0.2, 0.25) is 0 Å². The average Bonchev–Trinajstić information content (AvgIpc) is 3.05. The number of amides is 1. The molecule has 0 unspecified atom stereocenters. The molecule has 2 aromatic heterocycles. The highest BCUT2D eigenvalue weighted by Gasteiger charge is 2.36. The first-order valence-corrected chi connectivity index (χ1v) is 8.83. The summed E-state index contributed by atoms with van der Waals surface area (Å²) >= 11 is 3.19. The fourth-order valence-corrected chi connectivity index (χ4v) is 4.23. The first-order valence-electron chi connectivity index (χ1n) is 7.20. The smallest absolute Gasteiger partial charge is 0.246 e. The molecule has 0 saturated carbocycles. The molecule has 1 amide bonds. The van der Waals surface area contributed by atoms with Gasteiger partial charge in [0.1, 0.15) is 5.54 Å². The van der Waals surface area contributed by atoms with Crippen molar-refractivity contribution in [3.8, 4) is 10.6 Å². The molecule has 0 spiro atoms. The van der Waals surface area contributed by atoms with Crippen LogP contribution in [0, 0.1) is 13.8 Å². The standard InChI is InChI=1S/C15H19N3O2S2/c1-9-3-4-11(21-9)12-10(2)22-14(17-12)18-13(19)15(16)5-7-20-8-6-15/h3-4H,5-8,16H2,1-2H3,(H,17,18,19). The summed E-state index contributed by atoms with van der Waals surface area (Å²) in [4.78, 5) is 20.5. The number of carbonyl (C=O) groups is 1. The number of thiazole rings is 1. The molecule has 0 bridgehead atoms. The van der Waals surface area contributed by atoms with Crippen molar-refractivity contribution in [2.45, 2.75) is 32.2 Å². The monoisotopic (exact) mass is 337 g/mol. The van der Waals surface area contributed by atoms with Gasteiger partial charge in [0.05, 0.1) is 10.6 Å². The third kappa shape index (κ3) is 3.08. The summed E-state index contributed by atoms with van der Waals surface area (Å²) in [6, 6.07) is 4.14. The number of nitrogens with one attached hydrogen (secondary N) is 1. The normalized spacial score (nSPS) is 17.4. The SMILES string of the molecule is Cc1ccc(-c2nc(NC(=O)C3(N)CCOCC3)sc2C)s1. The Bertz CT molecular complexity index is 687. The van der Waals surface area contributed by atoms with E-state index < -0.39 is 5.54 Å². The summed E-state index contributed by atoms with van der Waals surface area (Å²) in [7, 11) is 0. The quantitative estimate of drug-likeness (QED) is 0.903. The predicted molar refractivity (Wildman–Crippen MR) is 90.5 cm³/mol. The van der Waals surface area contributed by atoms with E-state index >= 15 is 0 Å². The summed E-state index contributed by atoms with van der Waals surface area (Å²) in [6.07, 6.45) is 1.08. The molecule has 118 valence electrons. The minimum absolute atomic E-state index is 0.168. The van der Waals surface area contributed by atoms with E-state index in [0.29, 0.717) is 31.2 Å². The number of rotatable bonds is 3. The summed E-state index contributed by atoms with van der Waals surface area (Å²) in [5, 5.41) is 3.49. The second-order valence-electron chi connectivity index (χ2n) is 5.56. The lowest BCUT2D eigenvalue weighted by molar-refractivity contribution is -0.124. The van der Waals surface area contributed by atoms with Gasteiger partial charge in [0.15, 0.2) is 5.13 Å². The first-order chi connectivity index (χ1) is 10.5. The Hall–Kier alpha value is -1.28. The van der Waals surface area contributed by atoms with Crippen molar-refractivity contribution in [1.29, 1.82) is 0 Å². The maximum Gasteiger partial charge on any atom is 0.246 e. The van der Waals surface area contributed by atoms with Gasteiger partial charge in [-0.2, -0.15) is 0 Å². The van der Waals surface area contributed by atoms with E-state index in [9.17, 15) is 4.79 Å². The second kappa shape index (κ2) is 6.08. The van der Waals surface area contributed by atoms with Crippen LogP contribution in [0.5, 0.6) is 0 Å². The lowest BCUT2D eigenvalue weighted by atomic mass is 9.90. The number of thiophene rings is 1. The minimum Gasteiger partial charge on any atom is -0.381 e. The molecule has 1 aliphatic rings. The summed E-state index contributed by atoms with van der Waals surface area (Å²) < 4.78 is 5.28. The molecule has 1 saturated heterocycles. The Balaban J connectivity index is 1.77. The lowest BCUT2D eigenvalue weighted by Crippen LogP contribution is -2.54. The van der Waals surface area contributed by atoms with Crippen LogP contribution in [0.4, 0.5) is 5.13 Å². The van der Waals surface area contributed by atoms with E-state index in [0.717, 1.165) is 15.4 Å². The molecule has 0 aromatic carbocycles. The molecule has 5 nitrogen and oxygen atoms in total. The van der Waals surface area contributed by atoms with E-state index in [1.165, 1.54) is 16.2 Å². The van der Waals surface area contributed by atoms with Crippen molar-refractivity contribution in [3.63, 3.8) is 0 Å². The molecule has 1 aliphatic heterocycles. The third-order valence-corrected chi connectivity index (χ3v) is 5.72. The number of ether oxygens (including phenoxy) is 1. The molecule has 1 fully saturated rings. The van der Waals surface area contributed by atoms with Gasteiger partial charge in [-0.1, -0.05) is 0 Å². The zero-order valence-electron chi connectivity index (χ0n) is 12.6. The summed E-state index contributed by atoms with van der Waals surface area (Å²) in [5.41, 5.74) is 6.29. The molecule has 3 heterocycles. The number of nitrogens with zero attached hydrogens (tertiary/aromatic N) is 1. The predicted octanol–water partition coefficient (Wildman–Crippen LogP) is 2.93. The topological polar surface area (TPSA) is 77.2 Å². The van der Waals surface area contributed by atoms with Gasteiger partial charge in [0.25, 0.3) is 0 Å². The summed E-state index contributed by atoms with van der Waals surface area (Å²) in [5.74, 6) is -0.168. The molecule has 22 heavy (non-hydrogen) atoms. The number of nitrogens with two attached hydrogens (primary N) is 1. The van der Waals surface area contributed by atoms with Crippen LogP contribution >= 0.6 is 22.7 Å². The maximum atomic E-state index is 12.4. The molecule has 3 N–H and O–H groups in total. The van der Waals surface area contributed by atoms with Crippen LogP contribution < -0.4 is 11.1 Å². The van der Waals surface area contributed by atoms with Crippen LogP contribution in [-0.4, -0.2) is 29.6 Å². The first kappa shape index (κ1) is 15.6. The number of carbonyl (C=O) groups excluding carboxylic acids is 1. The van der Waals surface area contributed by atoms with E-state index in [2.05, 4.69) is 29.4 Å². The molecule has 3 rings (SSSR count).